The van der Waals surface area contributed by atoms with Gasteiger partial charge < -0.3 is 13.4 Å². The first-order valence-corrected chi connectivity index (χ1v) is 20.4. The Morgan fingerprint density at radius 2 is 0.934 bits per heavy atom. The normalized spacial score (nSPS) is 11.9. The third kappa shape index (κ3) is 5.26. The van der Waals surface area contributed by atoms with E-state index in [4.69, 9.17) is 23.8 Å². The van der Waals surface area contributed by atoms with Gasteiger partial charge in [-0.1, -0.05) is 140 Å². The molecule has 0 aliphatic heterocycles. The van der Waals surface area contributed by atoms with Crippen LogP contribution in [-0.4, -0.2) is 19.5 Å². The summed E-state index contributed by atoms with van der Waals surface area (Å²) in [5.74, 6) is 1.58. The lowest BCUT2D eigenvalue weighted by Crippen LogP contribution is -2.04. The summed E-state index contributed by atoms with van der Waals surface area (Å²) in [6, 6.07) is 67.5. The first-order chi connectivity index (χ1) is 30.2. The molecule has 0 atom stereocenters. The zero-order valence-electron chi connectivity index (χ0n) is 32.6. The van der Waals surface area contributed by atoms with Crippen LogP contribution in [0.15, 0.2) is 203 Å². The molecule has 6 heteroatoms. The van der Waals surface area contributed by atoms with Gasteiger partial charge in [0.2, 0.25) is 0 Å². The lowest BCUT2D eigenvalue weighted by atomic mass is 10.0. The molecule has 0 aliphatic rings. The molecule has 284 valence electrons. The maximum atomic E-state index is 6.61. The van der Waals surface area contributed by atoms with Gasteiger partial charge >= 0.3 is 0 Å². The number of benzene rings is 9. The third-order valence-electron chi connectivity index (χ3n) is 12.0. The van der Waals surface area contributed by atoms with Crippen molar-refractivity contribution in [3.63, 3.8) is 0 Å². The number of furan rings is 2. The van der Waals surface area contributed by atoms with Gasteiger partial charge in [-0.05, 0) is 76.5 Å². The Kier molecular flexibility index (Phi) is 7.21. The van der Waals surface area contributed by atoms with Crippen molar-refractivity contribution in [2.45, 2.75) is 0 Å². The van der Waals surface area contributed by atoms with Gasteiger partial charge in [0.15, 0.2) is 17.5 Å². The molecule has 4 aromatic heterocycles. The highest BCUT2D eigenvalue weighted by Crippen LogP contribution is 2.42. The topological polar surface area (TPSA) is 69.9 Å². The molecule has 0 saturated heterocycles. The van der Waals surface area contributed by atoms with Crippen molar-refractivity contribution in [1.82, 2.24) is 19.5 Å². The molecule has 61 heavy (non-hydrogen) atoms. The van der Waals surface area contributed by atoms with E-state index in [0.717, 1.165) is 99.2 Å². The average Bonchev–Trinajstić information content (AvgIpc) is 3.99. The second-order valence-corrected chi connectivity index (χ2v) is 15.6. The number of hydrogen-bond acceptors (Lipinski definition) is 5. The molecule has 9 aromatic carbocycles. The van der Waals surface area contributed by atoms with Gasteiger partial charge in [0.25, 0.3) is 0 Å². The molecular formula is C55H32N4O2. The molecule has 13 rings (SSSR count). The summed E-state index contributed by atoms with van der Waals surface area (Å²) in [6.07, 6.45) is 0. The summed E-state index contributed by atoms with van der Waals surface area (Å²) in [7, 11) is 0. The Hall–Kier alpha value is -8.35. The van der Waals surface area contributed by atoms with E-state index in [-0.39, 0.29) is 0 Å². The van der Waals surface area contributed by atoms with E-state index in [1.54, 1.807) is 0 Å². The van der Waals surface area contributed by atoms with Crippen LogP contribution in [0, 0.1) is 0 Å². The molecule has 4 heterocycles. The monoisotopic (exact) mass is 780 g/mol. The predicted octanol–water partition coefficient (Wildman–Crippen LogP) is 14.6. The summed E-state index contributed by atoms with van der Waals surface area (Å²) in [4.78, 5) is 16.1. The fourth-order valence-corrected chi connectivity index (χ4v) is 9.18. The lowest BCUT2D eigenvalue weighted by molar-refractivity contribution is 0.668. The molecular weight excluding hydrogens is 749 g/mol. The van der Waals surface area contributed by atoms with Gasteiger partial charge in [-0.25, -0.2) is 15.0 Å². The van der Waals surface area contributed by atoms with Gasteiger partial charge in [0, 0.05) is 43.4 Å². The highest BCUT2D eigenvalue weighted by molar-refractivity contribution is 6.15. The highest BCUT2D eigenvalue weighted by Gasteiger charge is 2.24. The number of nitrogens with zero attached hydrogens (tertiary/aromatic N) is 4. The van der Waals surface area contributed by atoms with Crippen molar-refractivity contribution >= 4 is 76.5 Å². The summed E-state index contributed by atoms with van der Waals surface area (Å²) in [6.45, 7) is 0. The maximum absolute atomic E-state index is 6.61. The molecule has 0 spiro atoms. The van der Waals surface area contributed by atoms with Crippen molar-refractivity contribution in [2.24, 2.45) is 0 Å². The van der Waals surface area contributed by atoms with Gasteiger partial charge in [0.05, 0.1) is 22.3 Å². The molecule has 0 saturated carbocycles. The smallest absolute Gasteiger partial charge is 0.167 e. The first-order valence-electron chi connectivity index (χ1n) is 20.4. The van der Waals surface area contributed by atoms with Crippen LogP contribution in [0.1, 0.15) is 0 Å². The molecule has 0 N–H and O–H groups in total. The van der Waals surface area contributed by atoms with Crippen LogP contribution in [0.5, 0.6) is 0 Å². The van der Waals surface area contributed by atoms with Gasteiger partial charge in [-0.2, -0.15) is 0 Å². The van der Waals surface area contributed by atoms with Gasteiger partial charge in [-0.15, -0.1) is 0 Å². The standard InChI is InChI=1S/C55H32N4O2/c1-2-14-33(15-3-1)34-18-12-19-37(28-34)53-56-54(42-24-13-23-41-39-21-7-11-27-50(39)61-52(41)42)58-55(57-53)45-32-51-44(40-22-8-10-26-49(40)60-51)31-48(45)59-46-25-9-6-20-38(46)43-29-35-16-4-5-17-36(35)30-47(43)59/h1-32H. The molecule has 13 aromatic rings. The Labute approximate surface area is 348 Å². The molecule has 0 fully saturated rings. The van der Waals surface area contributed by atoms with E-state index in [1.807, 2.05) is 48.5 Å². The quantitative estimate of drug-likeness (QED) is 0.174. The maximum Gasteiger partial charge on any atom is 0.167 e. The van der Waals surface area contributed by atoms with Crippen LogP contribution in [0.4, 0.5) is 0 Å². The fourth-order valence-electron chi connectivity index (χ4n) is 9.18. The van der Waals surface area contributed by atoms with Crippen LogP contribution in [0.3, 0.4) is 0 Å². The molecule has 6 nitrogen and oxygen atoms in total. The SMILES string of the molecule is c1ccc(-c2cccc(-c3nc(-c4cc5oc6ccccc6c5cc4-n4c5ccccc5c5cc6ccccc6cc54)nc(-c4cccc5c4oc4ccccc45)n3)c2)cc1. The second-order valence-electron chi connectivity index (χ2n) is 15.6. The number of hydrogen-bond donors (Lipinski definition) is 0. The number of rotatable bonds is 5. The van der Waals surface area contributed by atoms with Crippen molar-refractivity contribution < 1.29 is 8.83 Å². The van der Waals surface area contributed by atoms with Crippen molar-refractivity contribution in [2.75, 3.05) is 0 Å². The number of aromatic nitrogens is 4. The van der Waals surface area contributed by atoms with Crippen LogP contribution >= 0.6 is 0 Å². The van der Waals surface area contributed by atoms with Crippen molar-refractivity contribution in [3.05, 3.63) is 194 Å². The lowest BCUT2D eigenvalue weighted by Gasteiger charge is -2.15. The summed E-state index contributed by atoms with van der Waals surface area (Å²) in [5.41, 5.74) is 10.9. The van der Waals surface area contributed by atoms with Crippen LogP contribution in [-0.2, 0) is 0 Å². The van der Waals surface area contributed by atoms with Crippen LogP contribution in [0.2, 0.25) is 0 Å². The minimum Gasteiger partial charge on any atom is -0.456 e. The summed E-state index contributed by atoms with van der Waals surface area (Å²) in [5, 5.41) is 8.80. The van der Waals surface area contributed by atoms with Crippen LogP contribution < -0.4 is 0 Å². The minimum absolute atomic E-state index is 0.513. The Balaban J connectivity index is 1.14. The Bertz CT molecular complexity index is 3900. The summed E-state index contributed by atoms with van der Waals surface area (Å²) >= 11 is 0. The minimum atomic E-state index is 0.513. The predicted molar refractivity (Wildman–Crippen MR) is 248 cm³/mol. The molecule has 0 radical (unpaired) electrons. The average molecular weight is 781 g/mol. The number of para-hydroxylation sites is 4. The Morgan fingerprint density at radius 1 is 0.328 bits per heavy atom. The van der Waals surface area contributed by atoms with E-state index >= 15 is 0 Å². The number of fused-ring (bicyclic) bond motifs is 10. The second kappa shape index (κ2) is 13.1. The van der Waals surface area contributed by atoms with Gasteiger partial charge in [0.1, 0.15) is 22.3 Å². The van der Waals surface area contributed by atoms with E-state index in [0.29, 0.717) is 17.5 Å². The zero-order valence-corrected chi connectivity index (χ0v) is 32.6. The largest absolute Gasteiger partial charge is 0.456 e. The fraction of sp³-hybridized carbons (Fsp3) is 0. The first kappa shape index (κ1) is 33.6. The van der Waals surface area contributed by atoms with E-state index in [9.17, 15) is 0 Å². The summed E-state index contributed by atoms with van der Waals surface area (Å²) < 4.78 is 15.6. The molecule has 0 unspecified atom stereocenters. The van der Waals surface area contributed by atoms with Crippen molar-refractivity contribution in [1.29, 1.82) is 0 Å². The van der Waals surface area contributed by atoms with E-state index in [2.05, 4.69) is 150 Å². The molecule has 0 aliphatic carbocycles. The highest BCUT2D eigenvalue weighted by atomic mass is 16.3. The van der Waals surface area contributed by atoms with Crippen LogP contribution in [0.25, 0.3) is 127 Å². The zero-order chi connectivity index (χ0) is 40.0. The molecule has 0 bridgehead atoms. The van der Waals surface area contributed by atoms with E-state index in [1.165, 1.54) is 10.8 Å². The van der Waals surface area contributed by atoms with Crippen molar-refractivity contribution in [3.8, 4) is 51.0 Å². The third-order valence-corrected chi connectivity index (χ3v) is 12.0. The Morgan fingerprint density at radius 3 is 1.77 bits per heavy atom. The van der Waals surface area contributed by atoms with E-state index < -0.39 is 0 Å². The van der Waals surface area contributed by atoms with Gasteiger partial charge in [-0.3, -0.25) is 0 Å². The molecule has 0 amide bonds.